The SMILES string of the molecule is CCc1ccccc1NC(=O)CN(C1CC1)S(C)(=O)=O. The van der Waals surface area contributed by atoms with Gasteiger partial charge in [0.1, 0.15) is 0 Å². The number of aryl methyl sites for hydroxylation is 1. The van der Waals surface area contributed by atoms with Crippen LogP contribution in [0, 0.1) is 0 Å². The topological polar surface area (TPSA) is 66.5 Å². The molecule has 1 saturated carbocycles. The third-order valence-electron chi connectivity index (χ3n) is 3.35. The molecule has 0 heterocycles. The van der Waals surface area contributed by atoms with Crippen LogP contribution < -0.4 is 5.32 Å². The molecule has 0 bridgehead atoms. The molecule has 1 N–H and O–H groups in total. The second-order valence-corrected chi connectivity index (χ2v) is 7.03. The fourth-order valence-electron chi connectivity index (χ4n) is 2.16. The highest BCUT2D eigenvalue weighted by Crippen LogP contribution is 2.28. The summed E-state index contributed by atoms with van der Waals surface area (Å²) in [7, 11) is -3.33. The van der Waals surface area contributed by atoms with Gasteiger partial charge in [0, 0.05) is 11.7 Å². The smallest absolute Gasteiger partial charge is 0.239 e. The van der Waals surface area contributed by atoms with Crippen molar-refractivity contribution in [2.45, 2.75) is 32.2 Å². The second-order valence-electron chi connectivity index (χ2n) is 5.10. The molecule has 110 valence electrons. The van der Waals surface area contributed by atoms with Gasteiger partial charge in [-0.25, -0.2) is 8.42 Å². The number of amides is 1. The van der Waals surface area contributed by atoms with Gasteiger partial charge >= 0.3 is 0 Å². The van der Waals surface area contributed by atoms with E-state index in [0.717, 1.165) is 36.8 Å². The molecule has 1 aliphatic rings. The Kier molecular flexibility index (Phi) is 4.45. The van der Waals surface area contributed by atoms with Crippen molar-refractivity contribution in [2.75, 3.05) is 18.1 Å². The van der Waals surface area contributed by atoms with Crippen molar-refractivity contribution in [3.8, 4) is 0 Å². The van der Waals surface area contributed by atoms with E-state index >= 15 is 0 Å². The molecule has 0 radical (unpaired) electrons. The largest absolute Gasteiger partial charge is 0.325 e. The second kappa shape index (κ2) is 5.93. The molecule has 1 aromatic carbocycles. The van der Waals surface area contributed by atoms with Crippen LogP contribution in [-0.2, 0) is 21.2 Å². The Hall–Kier alpha value is -1.40. The van der Waals surface area contributed by atoms with Crippen LogP contribution in [0.5, 0.6) is 0 Å². The summed E-state index contributed by atoms with van der Waals surface area (Å²) in [6.45, 7) is 1.90. The highest BCUT2D eigenvalue weighted by molar-refractivity contribution is 7.88. The van der Waals surface area contributed by atoms with Gasteiger partial charge in [-0.15, -0.1) is 0 Å². The van der Waals surface area contributed by atoms with E-state index in [2.05, 4.69) is 5.32 Å². The van der Waals surface area contributed by atoms with Crippen molar-refractivity contribution < 1.29 is 13.2 Å². The molecule has 0 spiro atoms. The number of anilines is 1. The van der Waals surface area contributed by atoms with Gasteiger partial charge in [0.15, 0.2) is 0 Å². The normalized spacial score (nSPS) is 15.3. The quantitative estimate of drug-likeness (QED) is 0.867. The van der Waals surface area contributed by atoms with Gasteiger partial charge in [0.25, 0.3) is 0 Å². The predicted octanol–water partition coefficient (Wildman–Crippen LogP) is 1.61. The van der Waals surface area contributed by atoms with Crippen molar-refractivity contribution in [1.29, 1.82) is 0 Å². The van der Waals surface area contributed by atoms with Crippen LogP contribution in [0.2, 0.25) is 0 Å². The lowest BCUT2D eigenvalue weighted by molar-refractivity contribution is -0.116. The first-order chi connectivity index (χ1) is 9.41. The zero-order chi connectivity index (χ0) is 14.8. The Morgan fingerprint density at radius 2 is 2.00 bits per heavy atom. The fourth-order valence-corrected chi connectivity index (χ4v) is 3.27. The molecule has 6 heteroatoms. The van der Waals surface area contributed by atoms with E-state index in [1.54, 1.807) is 0 Å². The Bertz CT molecular complexity index is 594. The van der Waals surface area contributed by atoms with Crippen molar-refractivity contribution in [3.63, 3.8) is 0 Å². The van der Waals surface area contributed by atoms with E-state index in [0.29, 0.717) is 0 Å². The van der Waals surface area contributed by atoms with Gasteiger partial charge in [-0.05, 0) is 30.9 Å². The van der Waals surface area contributed by atoms with Crippen LogP contribution in [0.4, 0.5) is 5.69 Å². The van der Waals surface area contributed by atoms with Crippen LogP contribution >= 0.6 is 0 Å². The molecular formula is C14H20N2O3S. The molecule has 5 nitrogen and oxygen atoms in total. The van der Waals surface area contributed by atoms with E-state index in [4.69, 9.17) is 0 Å². The van der Waals surface area contributed by atoms with Crippen LogP contribution in [-0.4, -0.2) is 37.5 Å². The number of nitrogens with one attached hydrogen (secondary N) is 1. The Morgan fingerprint density at radius 1 is 1.35 bits per heavy atom. The number of nitrogens with zero attached hydrogens (tertiary/aromatic N) is 1. The average molecular weight is 296 g/mol. The van der Waals surface area contributed by atoms with Crippen molar-refractivity contribution in [3.05, 3.63) is 29.8 Å². The third kappa shape index (κ3) is 3.80. The minimum absolute atomic E-state index is 0.00262. The first kappa shape index (κ1) is 15.0. The highest BCUT2D eigenvalue weighted by Gasteiger charge is 2.36. The summed E-state index contributed by atoms with van der Waals surface area (Å²) < 4.78 is 24.6. The Labute approximate surface area is 120 Å². The predicted molar refractivity (Wildman–Crippen MR) is 79.0 cm³/mol. The molecule has 0 aromatic heterocycles. The van der Waals surface area contributed by atoms with Gasteiger partial charge in [-0.3, -0.25) is 4.79 Å². The summed E-state index contributed by atoms with van der Waals surface area (Å²) in [5, 5.41) is 2.80. The van der Waals surface area contributed by atoms with Gasteiger partial charge in [-0.2, -0.15) is 4.31 Å². The summed E-state index contributed by atoms with van der Waals surface area (Å²) in [4.78, 5) is 12.1. The number of benzene rings is 1. The van der Waals surface area contributed by atoms with E-state index in [9.17, 15) is 13.2 Å². The molecule has 0 unspecified atom stereocenters. The van der Waals surface area contributed by atoms with Crippen molar-refractivity contribution in [2.24, 2.45) is 0 Å². The summed E-state index contributed by atoms with van der Waals surface area (Å²) in [5.41, 5.74) is 1.79. The minimum atomic E-state index is -3.33. The lowest BCUT2D eigenvalue weighted by atomic mass is 10.1. The Morgan fingerprint density at radius 3 is 2.55 bits per heavy atom. The summed E-state index contributed by atoms with van der Waals surface area (Å²) in [6, 6.07) is 7.55. The number of hydrogen-bond acceptors (Lipinski definition) is 3. The fraction of sp³-hybridized carbons (Fsp3) is 0.500. The molecule has 1 aliphatic carbocycles. The van der Waals surface area contributed by atoms with Crippen LogP contribution in [0.15, 0.2) is 24.3 Å². The number of carbonyl (C=O) groups excluding carboxylic acids is 1. The van der Waals surface area contributed by atoms with Gasteiger partial charge in [0.05, 0.1) is 12.8 Å². The number of para-hydroxylation sites is 1. The molecule has 1 aromatic rings. The minimum Gasteiger partial charge on any atom is -0.325 e. The van der Waals surface area contributed by atoms with E-state index < -0.39 is 10.0 Å². The van der Waals surface area contributed by atoms with E-state index in [-0.39, 0.29) is 18.5 Å². The number of rotatable bonds is 6. The zero-order valence-corrected chi connectivity index (χ0v) is 12.6. The molecule has 1 amide bonds. The number of carbonyl (C=O) groups is 1. The molecule has 0 atom stereocenters. The lowest BCUT2D eigenvalue weighted by Gasteiger charge is -2.19. The maximum Gasteiger partial charge on any atom is 0.239 e. The maximum atomic E-state index is 12.1. The van der Waals surface area contributed by atoms with Crippen molar-refractivity contribution in [1.82, 2.24) is 4.31 Å². The summed E-state index contributed by atoms with van der Waals surface area (Å²) in [6.07, 6.45) is 3.64. The molecule has 20 heavy (non-hydrogen) atoms. The van der Waals surface area contributed by atoms with Gasteiger partial charge in [0.2, 0.25) is 15.9 Å². The summed E-state index contributed by atoms with van der Waals surface area (Å²) >= 11 is 0. The molecular weight excluding hydrogens is 276 g/mol. The summed E-state index contributed by atoms with van der Waals surface area (Å²) in [5.74, 6) is -0.289. The van der Waals surface area contributed by atoms with Gasteiger partial charge in [-0.1, -0.05) is 25.1 Å². The van der Waals surface area contributed by atoms with Crippen molar-refractivity contribution >= 4 is 21.6 Å². The van der Waals surface area contributed by atoms with E-state index in [1.165, 1.54) is 4.31 Å². The lowest BCUT2D eigenvalue weighted by Crippen LogP contribution is -2.38. The maximum absolute atomic E-state index is 12.1. The first-order valence-electron chi connectivity index (χ1n) is 6.76. The van der Waals surface area contributed by atoms with Crippen LogP contribution in [0.25, 0.3) is 0 Å². The monoisotopic (exact) mass is 296 g/mol. The van der Waals surface area contributed by atoms with Crippen LogP contribution in [0.1, 0.15) is 25.3 Å². The third-order valence-corrected chi connectivity index (χ3v) is 4.63. The molecule has 0 saturated heterocycles. The standard InChI is InChI=1S/C14H20N2O3S/c1-3-11-6-4-5-7-13(11)15-14(17)10-16(12-8-9-12)20(2,18)19/h4-7,12H,3,8-10H2,1-2H3,(H,15,17). The number of sulfonamides is 1. The zero-order valence-electron chi connectivity index (χ0n) is 11.8. The molecule has 0 aliphatic heterocycles. The van der Waals surface area contributed by atoms with Crippen LogP contribution in [0.3, 0.4) is 0 Å². The van der Waals surface area contributed by atoms with Gasteiger partial charge < -0.3 is 5.32 Å². The highest BCUT2D eigenvalue weighted by atomic mass is 32.2. The average Bonchev–Trinajstić information content (AvgIpc) is 3.19. The molecule has 2 rings (SSSR count). The number of hydrogen-bond donors (Lipinski definition) is 1. The first-order valence-corrected chi connectivity index (χ1v) is 8.61. The Balaban J connectivity index is 2.05. The molecule has 1 fully saturated rings. The van der Waals surface area contributed by atoms with E-state index in [1.807, 2.05) is 31.2 Å².